The van der Waals surface area contributed by atoms with Crippen molar-refractivity contribution in [2.45, 2.75) is 29.9 Å². The molecule has 0 aromatic heterocycles. The van der Waals surface area contributed by atoms with Gasteiger partial charge in [-0.2, -0.15) is 0 Å². The first-order valence-corrected chi connectivity index (χ1v) is 9.85. The molecule has 1 saturated heterocycles. The molecule has 0 amide bonds. The highest BCUT2D eigenvalue weighted by molar-refractivity contribution is 8.00. The van der Waals surface area contributed by atoms with Gasteiger partial charge in [0, 0.05) is 6.92 Å². The van der Waals surface area contributed by atoms with Crippen molar-refractivity contribution in [3.05, 3.63) is 71.8 Å². The van der Waals surface area contributed by atoms with Gasteiger partial charge in [0.05, 0.1) is 16.4 Å². The lowest BCUT2D eigenvalue weighted by molar-refractivity contribution is -0.145. The number of carbonyl (C=O) groups excluding carboxylic acids is 3. The topological polar surface area (TPSA) is 78.9 Å². The fraction of sp³-hybridized carbons (Fsp3) is 0.286. The van der Waals surface area contributed by atoms with E-state index in [1.54, 1.807) is 60.7 Å². The van der Waals surface area contributed by atoms with E-state index in [-0.39, 0.29) is 12.2 Å². The van der Waals surface area contributed by atoms with Crippen molar-refractivity contribution in [2.24, 2.45) is 0 Å². The van der Waals surface area contributed by atoms with Crippen LogP contribution in [0.2, 0.25) is 0 Å². The van der Waals surface area contributed by atoms with Gasteiger partial charge in [-0.1, -0.05) is 36.4 Å². The summed E-state index contributed by atoms with van der Waals surface area (Å²) in [4.78, 5) is 35.8. The molecular formula is C21H19FO6S. The lowest BCUT2D eigenvalue weighted by atomic mass is 10.1. The average Bonchev–Trinajstić information content (AvgIpc) is 3.01. The van der Waals surface area contributed by atoms with Crippen LogP contribution < -0.4 is 0 Å². The standard InChI is InChI=1S/C21H19FO6S/c1-13(23)27-21-17(22)18(28-20(25)15-10-6-3-7-11-15)16(29-21)12-26-19(24)14-8-4-2-5-9-14/h2-11,16-18,21H,12H2,1H3/t16-,17+,18+,21-/m0/s1. The Balaban J connectivity index is 1.70. The van der Waals surface area contributed by atoms with E-state index in [2.05, 4.69) is 0 Å². The number of alkyl halides is 1. The molecule has 1 fully saturated rings. The molecule has 152 valence electrons. The average molecular weight is 418 g/mol. The van der Waals surface area contributed by atoms with Crippen LogP contribution in [0.3, 0.4) is 0 Å². The predicted molar refractivity (Wildman–Crippen MR) is 104 cm³/mol. The van der Waals surface area contributed by atoms with Gasteiger partial charge in [0.15, 0.2) is 17.7 Å². The van der Waals surface area contributed by atoms with Gasteiger partial charge < -0.3 is 14.2 Å². The maximum Gasteiger partial charge on any atom is 0.338 e. The van der Waals surface area contributed by atoms with E-state index in [4.69, 9.17) is 14.2 Å². The van der Waals surface area contributed by atoms with Gasteiger partial charge in [-0.05, 0) is 24.3 Å². The van der Waals surface area contributed by atoms with Crippen LogP contribution in [-0.4, -0.2) is 47.5 Å². The number of benzene rings is 2. The van der Waals surface area contributed by atoms with Gasteiger partial charge in [-0.15, -0.1) is 11.8 Å². The first-order chi connectivity index (χ1) is 14.0. The Bertz CT molecular complexity index is 860. The molecule has 2 aromatic carbocycles. The number of hydrogen-bond acceptors (Lipinski definition) is 7. The summed E-state index contributed by atoms with van der Waals surface area (Å²) < 4.78 is 30.5. The first kappa shape index (κ1) is 20.9. The summed E-state index contributed by atoms with van der Waals surface area (Å²) in [5.41, 5.74) is -0.538. The molecule has 0 bridgehead atoms. The van der Waals surface area contributed by atoms with Crippen LogP contribution in [0.1, 0.15) is 27.6 Å². The Morgan fingerprint density at radius 1 is 0.897 bits per heavy atom. The monoisotopic (exact) mass is 418 g/mol. The van der Waals surface area contributed by atoms with E-state index in [1.165, 1.54) is 6.92 Å². The van der Waals surface area contributed by atoms with Crippen molar-refractivity contribution < 1.29 is 33.0 Å². The second-order valence-electron chi connectivity index (χ2n) is 6.30. The lowest BCUT2D eigenvalue weighted by Gasteiger charge is -2.20. The molecule has 0 unspecified atom stereocenters. The second kappa shape index (κ2) is 9.56. The Morgan fingerprint density at radius 3 is 2.00 bits per heavy atom. The summed E-state index contributed by atoms with van der Waals surface area (Å²) in [5, 5.41) is -0.727. The molecule has 2 aromatic rings. The van der Waals surface area contributed by atoms with Gasteiger partial charge in [0.1, 0.15) is 6.61 Å². The molecular weight excluding hydrogens is 399 g/mol. The van der Waals surface area contributed by atoms with E-state index in [1.807, 2.05) is 0 Å². The number of carbonyl (C=O) groups is 3. The highest BCUT2D eigenvalue weighted by Gasteiger charge is 2.49. The fourth-order valence-electron chi connectivity index (χ4n) is 2.80. The van der Waals surface area contributed by atoms with E-state index in [0.29, 0.717) is 5.56 Å². The fourth-order valence-corrected chi connectivity index (χ4v) is 4.15. The number of halogens is 1. The second-order valence-corrected chi connectivity index (χ2v) is 7.64. The zero-order valence-corrected chi connectivity index (χ0v) is 16.3. The Hall–Kier alpha value is -2.87. The zero-order valence-electron chi connectivity index (χ0n) is 15.5. The predicted octanol–water partition coefficient (Wildman–Crippen LogP) is 3.41. The minimum Gasteiger partial charge on any atom is -0.461 e. The van der Waals surface area contributed by atoms with Gasteiger partial charge >= 0.3 is 17.9 Å². The van der Waals surface area contributed by atoms with E-state index in [9.17, 15) is 18.8 Å². The zero-order chi connectivity index (χ0) is 20.8. The summed E-state index contributed by atoms with van der Waals surface area (Å²) >= 11 is 0.957. The number of esters is 3. The van der Waals surface area contributed by atoms with Gasteiger partial charge in [0.25, 0.3) is 0 Å². The van der Waals surface area contributed by atoms with Crippen molar-refractivity contribution in [1.82, 2.24) is 0 Å². The molecule has 0 spiro atoms. The summed E-state index contributed by atoms with van der Waals surface area (Å²) in [5.74, 6) is -1.94. The van der Waals surface area contributed by atoms with Crippen LogP contribution in [0.4, 0.5) is 4.39 Å². The van der Waals surface area contributed by atoms with Crippen LogP contribution >= 0.6 is 11.8 Å². The molecule has 0 saturated carbocycles. The normalized spacial score (nSPS) is 23.2. The third-order valence-electron chi connectivity index (χ3n) is 4.17. The van der Waals surface area contributed by atoms with Gasteiger partial charge in [-0.25, -0.2) is 14.0 Å². The Kier molecular flexibility index (Phi) is 6.87. The molecule has 1 aliphatic heterocycles. The molecule has 3 rings (SSSR count). The molecule has 0 N–H and O–H groups in total. The lowest BCUT2D eigenvalue weighted by Crippen LogP contribution is -2.37. The minimum atomic E-state index is -1.75. The maximum absolute atomic E-state index is 14.9. The summed E-state index contributed by atoms with van der Waals surface area (Å²) in [6.45, 7) is 0.963. The van der Waals surface area contributed by atoms with Gasteiger partial charge in [-0.3, -0.25) is 4.79 Å². The molecule has 29 heavy (non-hydrogen) atoms. The highest BCUT2D eigenvalue weighted by Crippen LogP contribution is 2.39. The SMILES string of the molecule is CC(=O)O[C@H]1S[C@@H](COC(=O)c2ccccc2)[C@@H](OC(=O)c2ccccc2)[C@H]1F. The molecule has 1 aliphatic rings. The number of rotatable bonds is 6. The first-order valence-electron chi connectivity index (χ1n) is 8.90. The van der Waals surface area contributed by atoms with Crippen molar-refractivity contribution in [3.8, 4) is 0 Å². The quantitative estimate of drug-likeness (QED) is 0.525. The van der Waals surface area contributed by atoms with Crippen LogP contribution in [0, 0.1) is 0 Å². The maximum atomic E-state index is 14.9. The van der Waals surface area contributed by atoms with E-state index < -0.39 is 40.9 Å². The molecule has 1 heterocycles. The molecule has 0 radical (unpaired) electrons. The highest BCUT2D eigenvalue weighted by atomic mass is 32.2. The smallest absolute Gasteiger partial charge is 0.338 e. The summed E-state index contributed by atoms with van der Waals surface area (Å²) in [6.07, 6.45) is -2.99. The summed E-state index contributed by atoms with van der Waals surface area (Å²) in [7, 11) is 0. The number of ether oxygens (including phenoxy) is 3. The van der Waals surface area contributed by atoms with Crippen LogP contribution in [-0.2, 0) is 19.0 Å². The molecule has 8 heteroatoms. The molecule has 0 aliphatic carbocycles. The number of thioether (sulfide) groups is 1. The van der Waals surface area contributed by atoms with E-state index >= 15 is 0 Å². The minimum absolute atomic E-state index is 0.205. The Morgan fingerprint density at radius 2 is 1.45 bits per heavy atom. The number of hydrogen-bond donors (Lipinski definition) is 0. The molecule has 6 nitrogen and oxygen atoms in total. The van der Waals surface area contributed by atoms with E-state index in [0.717, 1.165) is 11.8 Å². The molecule has 4 atom stereocenters. The third-order valence-corrected chi connectivity index (χ3v) is 5.55. The van der Waals surface area contributed by atoms with Crippen molar-refractivity contribution in [1.29, 1.82) is 0 Å². The van der Waals surface area contributed by atoms with Crippen LogP contribution in [0.25, 0.3) is 0 Å². The third kappa shape index (κ3) is 5.35. The van der Waals surface area contributed by atoms with Crippen molar-refractivity contribution >= 4 is 29.7 Å². The van der Waals surface area contributed by atoms with Crippen molar-refractivity contribution in [2.75, 3.05) is 6.61 Å². The Labute approximate surface area is 171 Å². The largest absolute Gasteiger partial charge is 0.461 e. The van der Waals surface area contributed by atoms with Gasteiger partial charge in [0.2, 0.25) is 0 Å². The van der Waals surface area contributed by atoms with Crippen LogP contribution in [0.5, 0.6) is 0 Å². The van der Waals surface area contributed by atoms with Crippen LogP contribution in [0.15, 0.2) is 60.7 Å². The summed E-state index contributed by atoms with van der Waals surface area (Å²) in [6, 6.07) is 16.5. The van der Waals surface area contributed by atoms with Crippen molar-refractivity contribution in [3.63, 3.8) is 0 Å².